The molecule has 4 heteroatoms. The number of hydrogen-bond donors (Lipinski definition) is 2. The molecule has 1 aromatic heterocycles. The number of hydrogen-bond acceptors (Lipinski definition) is 4. The SMILES string of the molecule is CNCCC=Cc1ccc2nc(N)sc2c1. The van der Waals surface area contributed by atoms with Gasteiger partial charge in [-0.3, -0.25) is 0 Å². The van der Waals surface area contributed by atoms with Crippen LogP contribution in [-0.4, -0.2) is 18.6 Å². The fourth-order valence-electron chi connectivity index (χ4n) is 1.51. The maximum absolute atomic E-state index is 5.66. The Morgan fingerprint density at radius 2 is 2.38 bits per heavy atom. The number of nitrogens with two attached hydrogens (primary N) is 1. The summed E-state index contributed by atoms with van der Waals surface area (Å²) in [5, 5.41) is 3.74. The second-order valence-electron chi connectivity index (χ2n) is 3.57. The number of aromatic nitrogens is 1. The van der Waals surface area contributed by atoms with Crippen molar-refractivity contribution in [2.24, 2.45) is 0 Å². The van der Waals surface area contributed by atoms with Crippen molar-refractivity contribution in [2.75, 3.05) is 19.3 Å². The molecule has 0 aliphatic carbocycles. The second-order valence-corrected chi connectivity index (χ2v) is 4.64. The van der Waals surface area contributed by atoms with Gasteiger partial charge in [0.15, 0.2) is 5.13 Å². The average molecular weight is 233 g/mol. The molecule has 0 aliphatic heterocycles. The third-order valence-electron chi connectivity index (χ3n) is 2.30. The first kappa shape index (κ1) is 11.1. The fraction of sp³-hybridized carbons (Fsp3) is 0.250. The normalized spacial score (nSPS) is 11.6. The van der Waals surface area contributed by atoms with E-state index in [1.807, 2.05) is 13.1 Å². The molecule has 0 saturated heterocycles. The van der Waals surface area contributed by atoms with E-state index in [9.17, 15) is 0 Å². The first-order chi connectivity index (χ1) is 7.79. The first-order valence-corrected chi connectivity index (χ1v) is 6.08. The van der Waals surface area contributed by atoms with Crippen LogP contribution in [0.4, 0.5) is 5.13 Å². The van der Waals surface area contributed by atoms with Crippen molar-refractivity contribution in [3.05, 3.63) is 29.8 Å². The Morgan fingerprint density at radius 1 is 1.50 bits per heavy atom. The lowest BCUT2D eigenvalue weighted by Crippen LogP contribution is -2.05. The summed E-state index contributed by atoms with van der Waals surface area (Å²) >= 11 is 1.53. The summed E-state index contributed by atoms with van der Waals surface area (Å²) in [7, 11) is 1.96. The Hall–Kier alpha value is -1.39. The molecular weight excluding hydrogens is 218 g/mol. The summed E-state index contributed by atoms with van der Waals surface area (Å²) in [6, 6.07) is 6.20. The monoisotopic (exact) mass is 233 g/mol. The first-order valence-electron chi connectivity index (χ1n) is 5.27. The van der Waals surface area contributed by atoms with Crippen LogP contribution in [0.1, 0.15) is 12.0 Å². The summed E-state index contributed by atoms with van der Waals surface area (Å²) in [6.45, 7) is 1.01. The highest BCUT2D eigenvalue weighted by Crippen LogP contribution is 2.24. The smallest absolute Gasteiger partial charge is 0.181 e. The molecule has 2 aromatic rings. The number of thiazole rings is 1. The molecule has 0 aliphatic rings. The zero-order valence-corrected chi connectivity index (χ0v) is 10.1. The van der Waals surface area contributed by atoms with Gasteiger partial charge >= 0.3 is 0 Å². The summed E-state index contributed by atoms with van der Waals surface area (Å²) < 4.78 is 1.15. The second kappa shape index (κ2) is 5.09. The number of anilines is 1. The van der Waals surface area contributed by atoms with Gasteiger partial charge in [0.05, 0.1) is 10.2 Å². The molecule has 0 unspecified atom stereocenters. The molecule has 0 fully saturated rings. The minimum absolute atomic E-state index is 0.631. The van der Waals surface area contributed by atoms with E-state index >= 15 is 0 Å². The van der Waals surface area contributed by atoms with E-state index in [-0.39, 0.29) is 0 Å². The van der Waals surface area contributed by atoms with Crippen molar-refractivity contribution in [1.82, 2.24) is 10.3 Å². The Balaban J connectivity index is 2.15. The maximum Gasteiger partial charge on any atom is 0.181 e. The highest BCUT2D eigenvalue weighted by Gasteiger charge is 1.99. The van der Waals surface area contributed by atoms with Crippen molar-refractivity contribution >= 4 is 32.8 Å². The van der Waals surface area contributed by atoms with E-state index in [2.05, 4.69) is 34.6 Å². The Kier molecular flexibility index (Phi) is 3.54. The molecule has 0 atom stereocenters. The molecule has 0 bridgehead atoms. The standard InChI is InChI=1S/C12H15N3S/c1-14-7-3-2-4-9-5-6-10-11(8-9)16-12(13)15-10/h2,4-6,8,14H,3,7H2,1H3,(H2,13,15). The molecule has 84 valence electrons. The molecule has 1 aromatic carbocycles. The van der Waals surface area contributed by atoms with E-state index < -0.39 is 0 Å². The average Bonchev–Trinajstić information content (AvgIpc) is 2.64. The number of nitrogens with one attached hydrogen (secondary N) is 1. The van der Waals surface area contributed by atoms with Crippen molar-refractivity contribution in [1.29, 1.82) is 0 Å². The summed E-state index contributed by atoms with van der Waals surface area (Å²) in [4.78, 5) is 4.23. The van der Waals surface area contributed by atoms with E-state index in [1.54, 1.807) is 0 Å². The van der Waals surface area contributed by atoms with Gasteiger partial charge in [-0.15, -0.1) is 0 Å². The van der Waals surface area contributed by atoms with Crippen molar-refractivity contribution in [3.63, 3.8) is 0 Å². The van der Waals surface area contributed by atoms with Crippen molar-refractivity contribution in [2.45, 2.75) is 6.42 Å². The van der Waals surface area contributed by atoms with Gasteiger partial charge in [-0.2, -0.15) is 0 Å². The molecule has 16 heavy (non-hydrogen) atoms. The number of benzene rings is 1. The molecule has 3 N–H and O–H groups in total. The van der Waals surface area contributed by atoms with Crippen LogP contribution in [0.3, 0.4) is 0 Å². The number of nitrogens with zero attached hydrogens (tertiary/aromatic N) is 1. The zero-order valence-electron chi connectivity index (χ0n) is 9.23. The van der Waals surface area contributed by atoms with Crippen LogP contribution < -0.4 is 11.1 Å². The number of nitrogen functional groups attached to an aromatic ring is 1. The highest BCUT2D eigenvalue weighted by molar-refractivity contribution is 7.22. The van der Waals surface area contributed by atoms with Gasteiger partial charge in [-0.25, -0.2) is 4.98 Å². The van der Waals surface area contributed by atoms with E-state index in [4.69, 9.17) is 5.73 Å². The van der Waals surface area contributed by atoms with Crippen LogP contribution in [0.25, 0.3) is 16.3 Å². The quantitative estimate of drug-likeness (QED) is 0.798. The Labute approximate surface area is 99.0 Å². The Morgan fingerprint density at radius 3 is 3.19 bits per heavy atom. The lowest BCUT2D eigenvalue weighted by Gasteiger charge is -1.94. The van der Waals surface area contributed by atoms with Crippen LogP contribution in [0, 0.1) is 0 Å². The molecule has 0 amide bonds. The molecule has 0 radical (unpaired) electrons. The topological polar surface area (TPSA) is 50.9 Å². The van der Waals surface area contributed by atoms with Crippen molar-refractivity contribution in [3.8, 4) is 0 Å². The third kappa shape index (κ3) is 2.59. The minimum Gasteiger partial charge on any atom is -0.375 e. The van der Waals surface area contributed by atoms with Crippen LogP contribution in [0.15, 0.2) is 24.3 Å². The summed E-state index contributed by atoms with van der Waals surface area (Å²) in [5.74, 6) is 0. The van der Waals surface area contributed by atoms with E-state index in [1.165, 1.54) is 16.9 Å². The molecule has 0 spiro atoms. The fourth-order valence-corrected chi connectivity index (χ4v) is 2.29. The van der Waals surface area contributed by atoms with Crippen LogP contribution in [0.5, 0.6) is 0 Å². The molecule has 3 nitrogen and oxygen atoms in total. The summed E-state index contributed by atoms with van der Waals surface area (Å²) in [6.07, 6.45) is 5.34. The van der Waals surface area contributed by atoms with Crippen LogP contribution >= 0.6 is 11.3 Å². The van der Waals surface area contributed by atoms with Crippen LogP contribution in [0.2, 0.25) is 0 Å². The molecule has 2 rings (SSSR count). The van der Waals surface area contributed by atoms with Gasteiger partial charge in [0, 0.05) is 0 Å². The zero-order chi connectivity index (χ0) is 11.4. The molecule has 1 heterocycles. The lowest BCUT2D eigenvalue weighted by atomic mass is 10.2. The number of fused-ring (bicyclic) bond motifs is 1. The predicted octanol–water partition coefficient (Wildman–Crippen LogP) is 2.50. The van der Waals surface area contributed by atoms with Gasteiger partial charge in [0.2, 0.25) is 0 Å². The largest absolute Gasteiger partial charge is 0.375 e. The van der Waals surface area contributed by atoms with Gasteiger partial charge in [0.25, 0.3) is 0 Å². The highest BCUT2D eigenvalue weighted by atomic mass is 32.1. The third-order valence-corrected chi connectivity index (χ3v) is 3.15. The van der Waals surface area contributed by atoms with E-state index in [0.29, 0.717) is 5.13 Å². The van der Waals surface area contributed by atoms with Gasteiger partial charge in [-0.1, -0.05) is 29.6 Å². The molecular formula is C12H15N3S. The van der Waals surface area contributed by atoms with Gasteiger partial charge in [-0.05, 0) is 37.7 Å². The lowest BCUT2D eigenvalue weighted by molar-refractivity contribution is 0.809. The Bertz CT molecular complexity index is 502. The molecule has 0 saturated carbocycles. The van der Waals surface area contributed by atoms with Gasteiger partial charge in [0.1, 0.15) is 0 Å². The predicted molar refractivity (Wildman–Crippen MR) is 71.6 cm³/mol. The van der Waals surface area contributed by atoms with E-state index in [0.717, 1.165) is 23.2 Å². The van der Waals surface area contributed by atoms with Crippen LogP contribution in [-0.2, 0) is 0 Å². The maximum atomic E-state index is 5.66. The summed E-state index contributed by atoms with van der Waals surface area (Å²) in [5.41, 5.74) is 7.84. The van der Waals surface area contributed by atoms with Crippen molar-refractivity contribution < 1.29 is 0 Å². The van der Waals surface area contributed by atoms with Gasteiger partial charge < -0.3 is 11.1 Å². The minimum atomic E-state index is 0.631. The number of rotatable bonds is 4.